The van der Waals surface area contributed by atoms with E-state index in [0.717, 1.165) is 5.69 Å². The molecular weight excluding hydrogens is 214 g/mol. The van der Waals surface area contributed by atoms with Crippen LogP contribution in [-0.4, -0.2) is 30.2 Å². The number of tetrazole rings is 1. The Kier molecular flexibility index (Phi) is 2.88. The third-order valence-electron chi connectivity index (χ3n) is 1.66. The molecule has 78 valence electrons. The van der Waals surface area contributed by atoms with Gasteiger partial charge in [0.15, 0.2) is 5.16 Å². The zero-order valence-electron chi connectivity index (χ0n) is 8.03. The number of aromatic nitrogens is 6. The Morgan fingerprint density at radius 3 is 3.07 bits per heavy atom. The van der Waals surface area contributed by atoms with Gasteiger partial charge >= 0.3 is 0 Å². The van der Waals surface area contributed by atoms with Gasteiger partial charge in [-0.25, -0.2) is 14.6 Å². The highest BCUT2D eigenvalue weighted by atomic mass is 32.2. The topological polar surface area (TPSA) is 95.4 Å². The minimum absolute atomic E-state index is 0.396. The highest BCUT2D eigenvalue weighted by Crippen LogP contribution is 2.20. The van der Waals surface area contributed by atoms with Crippen LogP contribution in [0.15, 0.2) is 22.6 Å². The van der Waals surface area contributed by atoms with E-state index in [1.165, 1.54) is 11.8 Å². The number of hydrogen-bond acceptors (Lipinski definition) is 7. The van der Waals surface area contributed by atoms with Crippen LogP contribution in [0.5, 0.6) is 0 Å². The molecular formula is C7H9N7S. The maximum atomic E-state index is 5.48. The fourth-order valence-electron chi connectivity index (χ4n) is 0.928. The first-order valence-electron chi connectivity index (χ1n) is 4.22. The summed E-state index contributed by atoms with van der Waals surface area (Å²) in [4.78, 5) is 8.32. The van der Waals surface area contributed by atoms with Gasteiger partial charge in [-0.3, -0.25) is 0 Å². The van der Waals surface area contributed by atoms with Gasteiger partial charge in [0.25, 0.3) is 0 Å². The lowest BCUT2D eigenvalue weighted by molar-refractivity contribution is 0.663. The second kappa shape index (κ2) is 4.32. The van der Waals surface area contributed by atoms with Crippen molar-refractivity contribution in [2.24, 2.45) is 12.8 Å². The zero-order chi connectivity index (χ0) is 10.7. The number of rotatable bonds is 3. The van der Waals surface area contributed by atoms with Gasteiger partial charge in [-0.15, -0.1) is 5.10 Å². The normalized spacial score (nSPS) is 10.5. The number of hydrogen-bond donors (Lipinski definition) is 1. The van der Waals surface area contributed by atoms with Crippen molar-refractivity contribution in [1.82, 2.24) is 30.2 Å². The molecule has 0 aliphatic carbocycles. The van der Waals surface area contributed by atoms with Crippen LogP contribution >= 0.6 is 11.8 Å². The number of nitrogens with zero attached hydrogens (tertiary/aromatic N) is 6. The van der Waals surface area contributed by atoms with Crippen LogP contribution in [0.1, 0.15) is 5.69 Å². The highest BCUT2D eigenvalue weighted by Gasteiger charge is 2.07. The van der Waals surface area contributed by atoms with Gasteiger partial charge in [-0.1, -0.05) is 0 Å². The summed E-state index contributed by atoms with van der Waals surface area (Å²) in [7, 11) is 1.76. The maximum absolute atomic E-state index is 5.48. The number of nitrogens with two attached hydrogens (primary N) is 1. The molecule has 2 rings (SSSR count). The molecule has 2 aromatic rings. The Labute approximate surface area is 90.1 Å². The smallest absolute Gasteiger partial charge is 0.216 e. The zero-order valence-corrected chi connectivity index (χ0v) is 8.85. The average Bonchev–Trinajstić information content (AvgIpc) is 2.65. The van der Waals surface area contributed by atoms with Gasteiger partial charge in [-0.05, 0) is 28.3 Å². The Morgan fingerprint density at radius 2 is 2.40 bits per heavy atom. The van der Waals surface area contributed by atoms with E-state index in [9.17, 15) is 0 Å². The molecule has 0 saturated carbocycles. The van der Waals surface area contributed by atoms with Crippen molar-refractivity contribution in [3.63, 3.8) is 0 Å². The third-order valence-corrected chi connectivity index (χ3v) is 2.57. The average molecular weight is 223 g/mol. The van der Waals surface area contributed by atoms with Gasteiger partial charge in [0.1, 0.15) is 0 Å². The van der Waals surface area contributed by atoms with Crippen LogP contribution in [0.2, 0.25) is 0 Å². The van der Waals surface area contributed by atoms with Crippen molar-refractivity contribution in [3.8, 4) is 0 Å². The molecule has 0 radical (unpaired) electrons. The van der Waals surface area contributed by atoms with Crippen molar-refractivity contribution < 1.29 is 0 Å². The molecule has 0 unspecified atom stereocenters. The van der Waals surface area contributed by atoms with E-state index in [4.69, 9.17) is 5.73 Å². The summed E-state index contributed by atoms with van der Waals surface area (Å²) in [6, 6.07) is 1.78. The van der Waals surface area contributed by atoms with Gasteiger partial charge < -0.3 is 5.73 Å². The molecule has 0 spiro atoms. The van der Waals surface area contributed by atoms with Crippen molar-refractivity contribution in [1.29, 1.82) is 0 Å². The summed E-state index contributed by atoms with van der Waals surface area (Å²) in [5.74, 6) is 0. The molecule has 2 aromatic heterocycles. The molecule has 7 nitrogen and oxygen atoms in total. The summed E-state index contributed by atoms with van der Waals surface area (Å²) in [6.45, 7) is 0.396. The first kappa shape index (κ1) is 9.99. The fraction of sp³-hybridized carbons (Fsp3) is 0.286. The minimum Gasteiger partial charge on any atom is -0.325 e. The minimum atomic E-state index is 0.396. The Balaban J connectivity index is 2.21. The van der Waals surface area contributed by atoms with Gasteiger partial charge in [0, 0.05) is 19.8 Å². The van der Waals surface area contributed by atoms with E-state index in [0.29, 0.717) is 16.9 Å². The first-order valence-corrected chi connectivity index (χ1v) is 5.03. The van der Waals surface area contributed by atoms with Crippen molar-refractivity contribution in [2.75, 3.05) is 0 Å². The standard InChI is InChI=1S/C7H9N7S/c1-14-7(11-12-13-14)15-6-9-3-2-5(4-8)10-6/h2-3H,4,8H2,1H3. The Morgan fingerprint density at radius 1 is 1.53 bits per heavy atom. The fourth-order valence-corrected chi connectivity index (χ4v) is 1.61. The van der Waals surface area contributed by atoms with E-state index in [1.54, 1.807) is 24.0 Å². The first-order chi connectivity index (χ1) is 7.29. The molecule has 8 heteroatoms. The molecule has 0 aliphatic heterocycles. The molecule has 0 amide bonds. The van der Waals surface area contributed by atoms with E-state index in [-0.39, 0.29) is 0 Å². The van der Waals surface area contributed by atoms with Gasteiger partial charge in [-0.2, -0.15) is 0 Å². The quantitative estimate of drug-likeness (QED) is 0.708. The molecule has 2 heterocycles. The van der Waals surface area contributed by atoms with Crippen LogP contribution in [0.4, 0.5) is 0 Å². The van der Waals surface area contributed by atoms with Crippen molar-refractivity contribution in [3.05, 3.63) is 18.0 Å². The predicted octanol–water partition coefficient (Wildman–Crippen LogP) is -0.390. The van der Waals surface area contributed by atoms with Crippen molar-refractivity contribution >= 4 is 11.8 Å². The summed E-state index contributed by atoms with van der Waals surface area (Å²) >= 11 is 1.30. The van der Waals surface area contributed by atoms with Crippen LogP contribution in [0.25, 0.3) is 0 Å². The molecule has 0 fully saturated rings. The Bertz CT molecular complexity index is 454. The molecule has 0 aromatic carbocycles. The summed E-state index contributed by atoms with van der Waals surface area (Å²) in [5, 5.41) is 12.3. The lowest BCUT2D eigenvalue weighted by Gasteiger charge is -1.99. The third kappa shape index (κ3) is 2.28. The van der Waals surface area contributed by atoms with Gasteiger partial charge in [0.05, 0.1) is 5.69 Å². The van der Waals surface area contributed by atoms with Crippen LogP contribution < -0.4 is 5.73 Å². The largest absolute Gasteiger partial charge is 0.325 e. The molecule has 0 atom stereocenters. The summed E-state index contributed by atoms with van der Waals surface area (Å²) in [6.07, 6.45) is 1.67. The predicted molar refractivity (Wildman–Crippen MR) is 52.8 cm³/mol. The van der Waals surface area contributed by atoms with Crippen molar-refractivity contribution in [2.45, 2.75) is 16.9 Å². The van der Waals surface area contributed by atoms with Crippen LogP contribution in [0, 0.1) is 0 Å². The second-order valence-corrected chi connectivity index (χ2v) is 3.66. The second-order valence-electron chi connectivity index (χ2n) is 2.72. The SMILES string of the molecule is Cn1nnnc1Sc1nccc(CN)n1. The van der Waals surface area contributed by atoms with Gasteiger partial charge in [0.2, 0.25) is 5.16 Å². The van der Waals surface area contributed by atoms with Crippen LogP contribution in [0.3, 0.4) is 0 Å². The maximum Gasteiger partial charge on any atom is 0.216 e. The molecule has 15 heavy (non-hydrogen) atoms. The van der Waals surface area contributed by atoms with E-state index >= 15 is 0 Å². The molecule has 0 aliphatic rings. The highest BCUT2D eigenvalue weighted by molar-refractivity contribution is 7.99. The van der Waals surface area contributed by atoms with E-state index in [1.807, 2.05) is 0 Å². The Hall–Kier alpha value is -1.54. The molecule has 0 bridgehead atoms. The van der Waals surface area contributed by atoms with E-state index < -0.39 is 0 Å². The molecule has 0 saturated heterocycles. The molecule has 2 N–H and O–H groups in total. The summed E-state index contributed by atoms with van der Waals surface area (Å²) < 4.78 is 1.56. The van der Waals surface area contributed by atoms with E-state index in [2.05, 4.69) is 25.5 Å². The summed E-state index contributed by atoms with van der Waals surface area (Å²) in [5.41, 5.74) is 6.27. The lowest BCUT2D eigenvalue weighted by atomic mass is 10.4. The number of aryl methyl sites for hydroxylation is 1. The van der Waals surface area contributed by atoms with Crippen LogP contribution in [-0.2, 0) is 13.6 Å². The monoisotopic (exact) mass is 223 g/mol. The lowest BCUT2D eigenvalue weighted by Crippen LogP contribution is -2.01.